The van der Waals surface area contributed by atoms with Crippen LogP contribution in [0.25, 0.3) is 0 Å². The van der Waals surface area contributed by atoms with Crippen molar-refractivity contribution in [1.82, 2.24) is 4.90 Å². The van der Waals surface area contributed by atoms with E-state index in [1.807, 2.05) is 14.1 Å². The lowest BCUT2D eigenvalue weighted by Crippen LogP contribution is -2.56. The summed E-state index contributed by atoms with van der Waals surface area (Å²) in [4.78, 5) is 14.1. The van der Waals surface area contributed by atoms with Gasteiger partial charge < -0.3 is 9.64 Å². The summed E-state index contributed by atoms with van der Waals surface area (Å²) in [7, 11) is 5.59. The number of ether oxygens (including phenoxy) is 1. The monoisotopic (exact) mass is 213 g/mol. The van der Waals surface area contributed by atoms with Gasteiger partial charge in [-0.15, -0.1) is 0 Å². The first-order chi connectivity index (χ1) is 6.95. The lowest BCUT2D eigenvalue weighted by atomic mass is 9.61. The Kier molecular flexibility index (Phi) is 3.77. The molecule has 0 amide bonds. The van der Waals surface area contributed by atoms with E-state index in [-0.39, 0.29) is 11.4 Å². The fraction of sp³-hybridized carbons (Fsp3) is 0.917. The van der Waals surface area contributed by atoms with E-state index in [4.69, 9.17) is 4.74 Å². The lowest BCUT2D eigenvalue weighted by Gasteiger charge is -2.49. The Hall–Kier alpha value is -0.570. The minimum atomic E-state index is -0.244. The van der Waals surface area contributed by atoms with Gasteiger partial charge in [-0.1, -0.05) is 20.3 Å². The van der Waals surface area contributed by atoms with E-state index in [9.17, 15) is 4.79 Å². The summed E-state index contributed by atoms with van der Waals surface area (Å²) in [6.45, 7) is 4.35. The Labute approximate surface area is 92.8 Å². The van der Waals surface area contributed by atoms with Crippen molar-refractivity contribution in [2.75, 3.05) is 21.2 Å². The molecule has 1 fully saturated rings. The highest BCUT2D eigenvalue weighted by atomic mass is 16.5. The molecule has 0 heterocycles. The number of methoxy groups -OCH3 is 1. The molecule has 0 aromatic rings. The predicted molar refractivity (Wildman–Crippen MR) is 60.6 cm³/mol. The van der Waals surface area contributed by atoms with Crippen LogP contribution < -0.4 is 0 Å². The first kappa shape index (κ1) is 12.5. The van der Waals surface area contributed by atoms with Crippen molar-refractivity contribution in [3.05, 3.63) is 0 Å². The Bertz CT molecular complexity index is 224. The van der Waals surface area contributed by atoms with Gasteiger partial charge in [0.25, 0.3) is 0 Å². The normalized spacial score (nSPS) is 21.3. The summed E-state index contributed by atoms with van der Waals surface area (Å²) in [6, 6.07) is 0.290. The Morgan fingerprint density at radius 3 is 2.07 bits per heavy atom. The molecule has 1 aliphatic rings. The van der Waals surface area contributed by atoms with Crippen molar-refractivity contribution in [2.45, 2.75) is 39.2 Å². The first-order valence-corrected chi connectivity index (χ1v) is 5.70. The molecule has 3 heteroatoms. The van der Waals surface area contributed by atoms with Gasteiger partial charge in [0, 0.05) is 6.04 Å². The van der Waals surface area contributed by atoms with Crippen LogP contribution in [0.5, 0.6) is 0 Å². The third-order valence-corrected chi connectivity index (χ3v) is 3.59. The summed E-state index contributed by atoms with van der Waals surface area (Å²) >= 11 is 0. The maximum Gasteiger partial charge on any atom is 0.313 e. The molecule has 1 aliphatic carbocycles. The van der Waals surface area contributed by atoms with Gasteiger partial charge in [-0.3, -0.25) is 4.79 Å². The topological polar surface area (TPSA) is 29.5 Å². The highest BCUT2D eigenvalue weighted by Crippen LogP contribution is 2.48. The van der Waals surface area contributed by atoms with E-state index in [2.05, 4.69) is 18.7 Å². The standard InChI is InChI=1S/C12H23NO2/c1-9(2)10(13(3)4)12(7-6-8-12)11(14)15-5/h9-10H,6-8H2,1-5H3. The highest BCUT2D eigenvalue weighted by molar-refractivity contribution is 5.78. The second-order valence-corrected chi connectivity index (χ2v) is 5.15. The first-order valence-electron chi connectivity index (χ1n) is 5.70. The van der Waals surface area contributed by atoms with Crippen molar-refractivity contribution in [1.29, 1.82) is 0 Å². The molecule has 3 nitrogen and oxygen atoms in total. The summed E-state index contributed by atoms with van der Waals surface area (Å²) in [5, 5.41) is 0. The van der Waals surface area contributed by atoms with E-state index in [1.54, 1.807) is 0 Å². The maximum absolute atomic E-state index is 11.9. The second-order valence-electron chi connectivity index (χ2n) is 5.15. The van der Waals surface area contributed by atoms with E-state index >= 15 is 0 Å². The van der Waals surface area contributed by atoms with E-state index in [0.29, 0.717) is 12.0 Å². The second kappa shape index (κ2) is 4.52. The molecule has 1 rings (SSSR count). The molecule has 15 heavy (non-hydrogen) atoms. The Morgan fingerprint density at radius 1 is 1.33 bits per heavy atom. The van der Waals surface area contributed by atoms with Gasteiger partial charge in [0.15, 0.2) is 0 Å². The van der Waals surface area contributed by atoms with Crippen LogP contribution in [0.1, 0.15) is 33.1 Å². The van der Waals surface area contributed by atoms with Crippen LogP contribution in [0, 0.1) is 11.3 Å². The van der Waals surface area contributed by atoms with Gasteiger partial charge in [0.05, 0.1) is 12.5 Å². The number of hydrogen-bond donors (Lipinski definition) is 0. The van der Waals surface area contributed by atoms with Gasteiger partial charge in [-0.05, 0) is 32.9 Å². The quantitative estimate of drug-likeness (QED) is 0.668. The fourth-order valence-electron chi connectivity index (χ4n) is 3.11. The van der Waals surface area contributed by atoms with Crippen molar-refractivity contribution in [3.8, 4) is 0 Å². The SMILES string of the molecule is COC(=O)C1(C(C(C)C)N(C)C)CCC1. The van der Waals surface area contributed by atoms with Crippen molar-refractivity contribution < 1.29 is 9.53 Å². The van der Waals surface area contributed by atoms with Crippen LogP contribution in [-0.2, 0) is 9.53 Å². The third-order valence-electron chi connectivity index (χ3n) is 3.59. The molecular weight excluding hydrogens is 190 g/mol. The molecule has 0 aromatic heterocycles. The third kappa shape index (κ3) is 2.03. The molecule has 0 N–H and O–H groups in total. The van der Waals surface area contributed by atoms with Gasteiger partial charge in [0.1, 0.15) is 0 Å². The average Bonchev–Trinajstić information content (AvgIpc) is 2.08. The molecule has 0 bridgehead atoms. The van der Waals surface area contributed by atoms with Crippen LogP contribution in [0.3, 0.4) is 0 Å². The van der Waals surface area contributed by atoms with Gasteiger partial charge in [-0.2, -0.15) is 0 Å². The molecule has 1 unspecified atom stereocenters. The Balaban J connectivity index is 2.92. The molecule has 0 aliphatic heterocycles. The molecule has 0 spiro atoms. The zero-order valence-corrected chi connectivity index (χ0v) is 10.5. The molecule has 1 atom stereocenters. The zero-order chi connectivity index (χ0) is 11.6. The number of carbonyl (C=O) groups is 1. The highest BCUT2D eigenvalue weighted by Gasteiger charge is 2.53. The van der Waals surface area contributed by atoms with Crippen LogP contribution in [0.15, 0.2) is 0 Å². The molecular formula is C12H23NO2. The number of nitrogens with zero attached hydrogens (tertiary/aromatic N) is 1. The summed E-state index contributed by atoms with van der Waals surface area (Å²) in [6.07, 6.45) is 3.09. The minimum Gasteiger partial charge on any atom is -0.469 e. The van der Waals surface area contributed by atoms with Crippen LogP contribution in [0.4, 0.5) is 0 Å². The lowest BCUT2D eigenvalue weighted by molar-refractivity contribution is -0.166. The predicted octanol–water partition coefficient (Wildman–Crippen LogP) is 1.92. The summed E-state index contributed by atoms with van der Waals surface area (Å²) in [5.74, 6) is 0.445. The maximum atomic E-state index is 11.9. The average molecular weight is 213 g/mol. The Morgan fingerprint density at radius 2 is 1.87 bits per heavy atom. The number of carbonyl (C=O) groups excluding carboxylic acids is 1. The van der Waals surface area contributed by atoms with E-state index < -0.39 is 0 Å². The fourth-order valence-corrected chi connectivity index (χ4v) is 3.11. The number of esters is 1. The van der Waals surface area contributed by atoms with Crippen LogP contribution in [-0.4, -0.2) is 38.1 Å². The van der Waals surface area contributed by atoms with Crippen molar-refractivity contribution in [2.24, 2.45) is 11.3 Å². The molecule has 0 aromatic carbocycles. The van der Waals surface area contributed by atoms with Gasteiger partial charge >= 0.3 is 5.97 Å². The van der Waals surface area contributed by atoms with Gasteiger partial charge in [0.2, 0.25) is 0 Å². The summed E-state index contributed by atoms with van der Waals surface area (Å²) < 4.78 is 4.97. The minimum absolute atomic E-state index is 0.0267. The van der Waals surface area contributed by atoms with Crippen molar-refractivity contribution in [3.63, 3.8) is 0 Å². The van der Waals surface area contributed by atoms with Gasteiger partial charge in [-0.25, -0.2) is 0 Å². The molecule has 0 saturated heterocycles. The van der Waals surface area contributed by atoms with E-state index in [0.717, 1.165) is 19.3 Å². The number of rotatable bonds is 4. The number of hydrogen-bond acceptors (Lipinski definition) is 3. The van der Waals surface area contributed by atoms with E-state index in [1.165, 1.54) is 7.11 Å². The van der Waals surface area contributed by atoms with Crippen LogP contribution >= 0.6 is 0 Å². The van der Waals surface area contributed by atoms with Crippen LogP contribution in [0.2, 0.25) is 0 Å². The largest absolute Gasteiger partial charge is 0.469 e. The smallest absolute Gasteiger partial charge is 0.313 e. The summed E-state index contributed by atoms with van der Waals surface area (Å²) in [5.41, 5.74) is -0.244. The van der Waals surface area contributed by atoms with Crippen molar-refractivity contribution >= 4 is 5.97 Å². The molecule has 0 radical (unpaired) electrons. The molecule has 1 saturated carbocycles. The molecule has 88 valence electrons. The zero-order valence-electron chi connectivity index (χ0n) is 10.5.